The molecule has 0 nitrogen and oxygen atoms in total. The fourth-order valence-electron chi connectivity index (χ4n) is 4.22. The van der Waals surface area contributed by atoms with E-state index in [1.165, 1.54) is 69.8 Å². The van der Waals surface area contributed by atoms with Crippen molar-refractivity contribution in [1.29, 1.82) is 0 Å². The minimum atomic E-state index is 0.0562. The first-order valence-corrected chi connectivity index (χ1v) is 10.4. The highest BCUT2D eigenvalue weighted by Gasteiger charge is 2.31. The second-order valence-corrected chi connectivity index (χ2v) is 9.58. The summed E-state index contributed by atoms with van der Waals surface area (Å²) in [4.78, 5) is 0. The maximum Gasteiger partial charge on any atom is -0.0166 e. The molecule has 0 unspecified atom stereocenters. The molecule has 0 aliphatic heterocycles. The van der Waals surface area contributed by atoms with Crippen molar-refractivity contribution in [2.75, 3.05) is 0 Å². The van der Waals surface area contributed by atoms with Gasteiger partial charge in [0.15, 0.2) is 0 Å². The first kappa shape index (κ1) is 15.3. The van der Waals surface area contributed by atoms with Gasteiger partial charge in [0.1, 0.15) is 0 Å². The van der Waals surface area contributed by atoms with E-state index in [-0.39, 0.29) is 7.92 Å². The lowest BCUT2D eigenvalue weighted by atomic mass is 9.99. The number of rotatable bonds is 4. The maximum absolute atomic E-state index is 3.89. The molecule has 3 rings (SSSR count). The van der Waals surface area contributed by atoms with E-state index in [9.17, 15) is 0 Å². The third-order valence-electron chi connectivity index (χ3n) is 5.36. The largest absolute Gasteiger partial charge is 0.0985 e. The quantitative estimate of drug-likeness (QED) is 0.589. The lowest BCUT2D eigenvalue weighted by molar-refractivity contribution is 0.487. The van der Waals surface area contributed by atoms with Crippen molar-refractivity contribution in [1.82, 2.24) is 0 Å². The van der Waals surface area contributed by atoms with Crippen LogP contribution in [0.15, 0.2) is 30.8 Å². The second-order valence-electron chi connectivity index (χ2n) is 6.79. The van der Waals surface area contributed by atoms with Gasteiger partial charge in [0, 0.05) is 0 Å². The van der Waals surface area contributed by atoms with E-state index in [1.54, 1.807) is 5.30 Å². The summed E-state index contributed by atoms with van der Waals surface area (Å²) < 4.78 is 0. The van der Waals surface area contributed by atoms with E-state index in [1.807, 2.05) is 6.08 Å². The average molecular weight is 300 g/mol. The minimum Gasteiger partial charge on any atom is -0.0985 e. The SMILES string of the molecule is C=Cc1ccc(P(C2CCCCC2)C2CCCCC2)cc1. The molecule has 1 aromatic rings. The monoisotopic (exact) mass is 300 g/mol. The van der Waals surface area contributed by atoms with E-state index >= 15 is 0 Å². The van der Waals surface area contributed by atoms with Crippen molar-refractivity contribution in [2.45, 2.75) is 75.5 Å². The molecule has 0 saturated heterocycles. The Balaban J connectivity index is 1.83. The van der Waals surface area contributed by atoms with Gasteiger partial charge in [-0.1, -0.05) is 83.4 Å². The van der Waals surface area contributed by atoms with Gasteiger partial charge in [-0.2, -0.15) is 0 Å². The van der Waals surface area contributed by atoms with Gasteiger partial charge < -0.3 is 0 Å². The standard InChI is InChI=1S/C20H29P/c1-2-17-13-15-20(16-14-17)21(18-9-5-3-6-10-18)19-11-7-4-8-12-19/h2,13-16,18-19H,1,3-12H2. The molecular weight excluding hydrogens is 271 g/mol. The predicted octanol–water partition coefficient (Wildman–Crippen LogP) is 6.10. The van der Waals surface area contributed by atoms with Crippen molar-refractivity contribution in [3.63, 3.8) is 0 Å². The summed E-state index contributed by atoms with van der Waals surface area (Å²) in [5.41, 5.74) is 3.28. The van der Waals surface area contributed by atoms with Gasteiger partial charge >= 0.3 is 0 Å². The first-order chi connectivity index (χ1) is 10.4. The van der Waals surface area contributed by atoms with Crippen LogP contribution in [0.2, 0.25) is 0 Å². The van der Waals surface area contributed by atoms with Crippen LogP contribution >= 0.6 is 7.92 Å². The van der Waals surface area contributed by atoms with Crippen LogP contribution in [-0.2, 0) is 0 Å². The van der Waals surface area contributed by atoms with Gasteiger partial charge in [-0.3, -0.25) is 0 Å². The molecule has 2 saturated carbocycles. The van der Waals surface area contributed by atoms with Crippen molar-refractivity contribution in [3.8, 4) is 0 Å². The molecule has 114 valence electrons. The lowest BCUT2D eigenvalue weighted by Crippen LogP contribution is -2.26. The van der Waals surface area contributed by atoms with Crippen molar-refractivity contribution in [3.05, 3.63) is 36.4 Å². The van der Waals surface area contributed by atoms with Crippen LogP contribution in [0.3, 0.4) is 0 Å². The van der Waals surface area contributed by atoms with E-state index in [0.29, 0.717) is 0 Å². The molecule has 0 aromatic heterocycles. The van der Waals surface area contributed by atoms with Gasteiger partial charge in [0.2, 0.25) is 0 Å². The summed E-state index contributed by atoms with van der Waals surface area (Å²) in [5, 5.41) is 1.68. The van der Waals surface area contributed by atoms with E-state index < -0.39 is 0 Å². The third-order valence-corrected chi connectivity index (χ3v) is 8.86. The molecule has 0 heterocycles. The zero-order valence-corrected chi connectivity index (χ0v) is 14.2. The van der Waals surface area contributed by atoms with Gasteiger partial charge in [-0.25, -0.2) is 0 Å². The molecule has 21 heavy (non-hydrogen) atoms. The molecular formula is C20H29P. The molecule has 2 fully saturated rings. The maximum atomic E-state index is 3.89. The Bertz CT molecular complexity index is 417. The summed E-state index contributed by atoms with van der Waals surface area (Å²) in [5.74, 6) is 0. The molecule has 2 aliphatic rings. The van der Waals surface area contributed by atoms with Crippen LogP contribution in [-0.4, -0.2) is 11.3 Å². The van der Waals surface area contributed by atoms with Crippen LogP contribution in [0.1, 0.15) is 69.8 Å². The number of hydrogen-bond acceptors (Lipinski definition) is 0. The zero-order valence-electron chi connectivity index (χ0n) is 13.3. The van der Waals surface area contributed by atoms with Crippen LogP contribution in [0.5, 0.6) is 0 Å². The summed E-state index contributed by atoms with van der Waals surface area (Å²) >= 11 is 0. The molecule has 0 amide bonds. The average Bonchev–Trinajstić information content (AvgIpc) is 2.58. The van der Waals surface area contributed by atoms with Crippen molar-refractivity contribution >= 4 is 19.3 Å². The zero-order chi connectivity index (χ0) is 14.5. The Morgan fingerprint density at radius 3 is 1.67 bits per heavy atom. The van der Waals surface area contributed by atoms with Crippen molar-refractivity contribution in [2.24, 2.45) is 0 Å². The number of benzene rings is 1. The Kier molecular flexibility index (Phi) is 5.53. The van der Waals surface area contributed by atoms with Crippen molar-refractivity contribution < 1.29 is 0 Å². The Morgan fingerprint density at radius 2 is 1.24 bits per heavy atom. The highest BCUT2D eigenvalue weighted by Crippen LogP contribution is 2.54. The smallest absolute Gasteiger partial charge is 0.0166 e. The Labute approximate surface area is 131 Å². The topological polar surface area (TPSA) is 0 Å². The number of hydrogen-bond donors (Lipinski definition) is 0. The fourth-order valence-corrected chi connectivity index (χ4v) is 8.00. The first-order valence-electron chi connectivity index (χ1n) is 8.89. The highest BCUT2D eigenvalue weighted by molar-refractivity contribution is 7.67. The van der Waals surface area contributed by atoms with Crippen LogP contribution in [0, 0.1) is 0 Å². The normalized spacial score (nSPS) is 21.6. The van der Waals surface area contributed by atoms with E-state index in [4.69, 9.17) is 0 Å². The second kappa shape index (κ2) is 7.59. The minimum absolute atomic E-state index is 0.0562. The van der Waals surface area contributed by atoms with Crippen LogP contribution < -0.4 is 5.30 Å². The molecule has 0 spiro atoms. The van der Waals surface area contributed by atoms with E-state index in [2.05, 4.69) is 30.8 Å². The molecule has 2 aliphatic carbocycles. The lowest BCUT2D eigenvalue weighted by Gasteiger charge is -2.38. The van der Waals surface area contributed by atoms with E-state index in [0.717, 1.165) is 11.3 Å². The van der Waals surface area contributed by atoms with Gasteiger partial charge in [0.25, 0.3) is 0 Å². The summed E-state index contributed by atoms with van der Waals surface area (Å²) in [6.07, 6.45) is 16.8. The Hall–Kier alpha value is -0.610. The summed E-state index contributed by atoms with van der Waals surface area (Å²) in [7, 11) is 0.0562. The molecule has 1 aromatic carbocycles. The molecule has 0 atom stereocenters. The molecule has 0 N–H and O–H groups in total. The molecule has 0 bridgehead atoms. The highest BCUT2D eigenvalue weighted by atomic mass is 31.1. The van der Waals surface area contributed by atoms with Crippen LogP contribution in [0.4, 0.5) is 0 Å². The van der Waals surface area contributed by atoms with Gasteiger partial charge in [0.05, 0.1) is 0 Å². The van der Waals surface area contributed by atoms with Gasteiger partial charge in [-0.05, 0) is 47.9 Å². The summed E-state index contributed by atoms with van der Waals surface area (Å²) in [6.45, 7) is 3.89. The van der Waals surface area contributed by atoms with Crippen LogP contribution in [0.25, 0.3) is 6.08 Å². The summed E-state index contributed by atoms with van der Waals surface area (Å²) in [6, 6.07) is 9.41. The third kappa shape index (κ3) is 3.78. The Morgan fingerprint density at radius 1 is 0.762 bits per heavy atom. The van der Waals surface area contributed by atoms with Gasteiger partial charge in [-0.15, -0.1) is 0 Å². The molecule has 1 heteroatoms. The predicted molar refractivity (Wildman–Crippen MR) is 96.8 cm³/mol. The molecule has 0 radical (unpaired) electrons. The fraction of sp³-hybridized carbons (Fsp3) is 0.600.